The molecule has 2 rings (SSSR count). The third kappa shape index (κ3) is 3.19. The van der Waals surface area contributed by atoms with Gasteiger partial charge in [0.05, 0.1) is 6.61 Å². The molecule has 0 amide bonds. The van der Waals surface area contributed by atoms with Crippen molar-refractivity contribution in [1.82, 2.24) is 5.32 Å². The van der Waals surface area contributed by atoms with Gasteiger partial charge in [-0.3, -0.25) is 0 Å². The molecule has 3 heteroatoms. The van der Waals surface area contributed by atoms with Crippen LogP contribution in [0.3, 0.4) is 0 Å². The van der Waals surface area contributed by atoms with Crippen LogP contribution in [-0.4, -0.2) is 32.8 Å². The van der Waals surface area contributed by atoms with Crippen LogP contribution < -0.4 is 11.1 Å². The summed E-state index contributed by atoms with van der Waals surface area (Å²) in [5, 5.41) is 3.63. The summed E-state index contributed by atoms with van der Waals surface area (Å²) in [7, 11) is 0. The second-order valence-corrected chi connectivity index (χ2v) is 5.63. The number of nitrogens with two attached hydrogens (primary N) is 1. The monoisotopic (exact) mass is 226 g/mol. The highest BCUT2D eigenvalue weighted by Crippen LogP contribution is 2.34. The van der Waals surface area contributed by atoms with E-state index in [-0.39, 0.29) is 0 Å². The molecule has 16 heavy (non-hydrogen) atoms. The van der Waals surface area contributed by atoms with Gasteiger partial charge in [-0.25, -0.2) is 0 Å². The van der Waals surface area contributed by atoms with Gasteiger partial charge < -0.3 is 15.8 Å². The van der Waals surface area contributed by atoms with E-state index in [1.54, 1.807) is 0 Å². The fourth-order valence-electron chi connectivity index (χ4n) is 3.04. The van der Waals surface area contributed by atoms with Gasteiger partial charge >= 0.3 is 0 Å². The zero-order chi connectivity index (χ0) is 11.3. The lowest BCUT2D eigenvalue weighted by atomic mass is 9.74. The maximum Gasteiger partial charge on any atom is 0.0507 e. The van der Waals surface area contributed by atoms with Crippen molar-refractivity contribution >= 4 is 0 Å². The first-order valence-electron chi connectivity index (χ1n) is 6.83. The molecule has 2 aliphatic rings. The Morgan fingerprint density at radius 3 is 2.69 bits per heavy atom. The molecule has 3 nitrogen and oxygen atoms in total. The normalized spacial score (nSPS) is 29.4. The minimum atomic E-state index is 0.401. The molecule has 0 radical (unpaired) electrons. The first-order valence-corrected chi connectivity index (χ1v) is 6.83. The summed E-state index contributed by atoms with van der Waals surface area (Å²) in [5.41, 5.74) is 6.37. The molecule has 3 N–H and O–H groups in total. The highest BCUT2D eigenvalue weighted by atomic mass is 16.5. The molecule has 1 unspecified atom stereocenters. The fourth-order valence-corrected chi connectivity index (χ4v) is 3.04. The molecule has 0 aromatic rings. The number of ether oxygens (including phenoxy) is 1. The third-order valence-corrected chi connectivity index (χ3v) is 4.30. The Labute approximate surface area is 99.1 Å². The summed E-state index contributed by atoms with van der Waals surface area (Å²) in [5.74, 6) is 0.735. The van der Waals surface area contributed by atoms with Crippen LogP contribution in [0.1, 0.15) is 38.5 Å². The average Bonchev–Trinajstić information content (AvgIpc) is 2.83. The van der Waals surface area contributed by atoms with E-state index in [2.05, 4.69) is 5.32 Å². The average molecular weight is 226 g/mol. The molecule has 94 valence electrons. The van der Waals surface area contributed by atoms with Crippen LogP contribution in [0.25, 0.3) is 0 Å². The van der Waals surface area contributed by atoms with Gasteiger partial charge in [-0.1, -0.05) is 19.3 Å². The van der Waals surface area contributed by atoms with Crippen molar-refractivity contribution in [2.24, 2.45) is 17.1 Å². The summed E-state index contributed by atoms with van der Waals surface area (Å²) in [6, 6.07) is 0. The van der Waals surface area contributed by atoms with Gasteiger partial charge in [0, 0.05) is 19.7 Å². The lowest BCUT2D eigenvalue weighted by Crippen LogP contribution is -2.43. The molecule has 1 saturated carbocycles. The summed E-state index contributed by atoms with van der Waals surface area (Å²) >= 11 is 0. The van der Waals surface area contributed by atoms with Crippen LogP contribution in [0.4, 0.5) is 0 Å². The molecular formula is C13H26N2O. The van der Waals surface area contributed by atoms with Gasteiger partial charge in [-0.2, -0.15) is 0 Å². The Balaban J connectivity index is 1.69. The summed E-state index contributed by atoms with van der Waals surface area (Å²) in [6.45, 7) is 4.97. The fraction of sp³-hybridized carbons (Fsp3) is 1.00. The highest BCUT2D eigenvalue weighted by Gasteiger charge is 2.30. The van der Waals surface area contributed by atoms with Crippen LogP contribution in [0.2, 0.25) is 0 Å². The SMILES string of the molecule is NCC1(CNCC2CCOC2)CCCCC1. The van der Waals surface area contributed by atoms with E-state index >= 15 is 0 Å². The van der Waals surface area contributed by atoms with Crippen molar-refractivity contribution in [2.45, 2.75) is 38.5 Å². The molecule has 1 saturated heterocycles. The largest absolute Gasteiger partial charge is 0.381 e. The molecule has 0 spiro atoms. The molecular weight excluding hydrogens is 200 g/mol. The number of rotatable bonds is 5. The quantitative estimate of drug-likeness (QED) is 0.747. The first kappa shape index (κ1) is 12.3. The maximum absolute atomic E-state index is 5.97. The standard InChI is InChI=1S/C13H26N2O/c14-10-13(5-2-1-3-6-13)11-15-8-12-4-7-16-9-12/h12,15H,1-11,14H2. The van der Waals surface area contributed by atoms with Crippen LogP contribution in [0.15, 0.2) is 0 Å². The Kier molecular flexibility index (Phi) is 4.62. The van der Waals surface area contributed by atoms with Gasteiger partial charge in [0.1, 0.15) is 0 Å². The summed E-state index contributed by atoms with van der Waals surface area (Å²) in [4.78, 5) is 0. The lowest BCUT2D eigenvalue weighted by Gasteiger charge is -2.36. The van der Waals surface area contributed by atoms with Gasteiger partial charge in [0.25, 0.3) is 0 Å². The van der Waals surface area contributed by atoms with E-state index in [9.17, 15) is 0 Å². The summed E-state index contributed by atoms with van der Waals surface area (Å²) in [6.07, 6.45) is 7.99. The molecule has 1 aliphatic carbocycles. The minimum absolute atomic E-state index is 0.401. The van der Waals surface area contributed by atoms with E-state index < -0.39 is 0 Å². The number of nitrogens with one attached hydrogen (secondary N) is 1. The molecule has 1 atom stereocenters. The van der Waals surface area contributed by atoms with E-state index in [0.717, 1.165) is 38.8 Å². The van der Waals surface area contributed by atoms with E-state index in [1.165, 1.54) is 38.5 Å². The van der Waals surface area contributed by atoms with Crippen molar-refractivity contribution < 1.29 is 4.74 Å². The maximum atomic E-state index is 5.97. The van der Waals surface area contributed by atoms with Gasteiger partial charge in [0.2, 0.25) is 0 Å². The van der Waals surface area contributed by atoms with E-state index in [1.807, 2.05) is 0 Å². The second-order valence-electron chi connectivity index (χ2n) is 5.63. The molecule has 0 bridgehead atoms. The Morgan fingerprint density at radius 2 is 2.06 bits per heavy atom. The lowest BCUT2D eigenvalue weighted by molar-refractivity contribution is 0.174. The van der Waals surface area contributed by atoms with Crippen LogP contribution in [0.5, 0.6) is 0 Å². The minimum Gasteiger partial charge on any atom is -0.381 e. The highest BCUT2D eigenvalue weighted by molar-refractivity contribution is 4.86. The second kappa shape index (κ2) is 5.99. The van der Waals surface area contributed by atoms with Crippen molar-refractivity contribution in [3.8, 4) is 0 Å². The number of hydrogen-bond donors (Lipinski definition) is 2. The molecule has 0 aromatic heterocycles. The van der Waals surface area contributed by atoms with E-state index in [4.69, 9.17) is 10.5 Å². The zero-order valence-electron chi connectivity index (χ0n) is 10.3. The van der Waals surface area contributed by atoms with Gasteiger partial charge in [-0.05, 0) is 37.1 Å². The summed E-state index contributed by atoms with van der Waals surface area (Å²) < 4.78 is 5.39. The smallest absolute Gasteiger partial charge is 0.0507 e. The van der Waals surface area contributed by atoms with E-state index in [0.29, 0.717) is 5.41 Å². The van der Waals surface area contributed by atoms with Crippen molar-refractivity contribution in [3.63, 3.8) is 0 Å². The predicted octanol–water partition coefficient (Wildman–Crippen LogP) is 1.52. The van der Waals surface area contributed by atoms with Crippen LogP contribution in [0, 0.1) is 11.3 Å². The van der Waals surface area contributed by atoms with Crippen molar-refractivity contribution in [1.29, 1.82) is 0 Å². The molecule has 1 aliphatic heterocycles. The molecule has 1 heterocycles. The first-order chi connectivity index (χ1) is 7.85. The van der Waals surface area contributed by atoms with Crippen LogP contribution >= 0.6 is 0 Å². The zero-order valence-corrected chi connectivity index (χ0v) is 10.3. The van der Waals surface area contributed by atoms with Crippen molar-refractivity contribution in [3.05, 3.63) is 0 Å². The van der Waals surface area contributed by atoms with Crippen LogP contribution in [-0.2, 0) is 4.74 Å². The number of hydrogen-bond acceptors (Lipinski definition) is 3. The third-order valence-electron chi connectivity index (χ3n) is 4.30. The Hall–Kier alpha value is -0.120. The topological polar surface area (TPSA) is 47.3 Å². The van der Waals surface area contributed by atoms with Crippen molar-refractivity contribution in [2.75, 3.05) is 32.8 Å². The molecule has 2 fully saturated rings. The molecule has 0 aromatic carbocycles. The van der Waals surface area contributed by atoms with Gasteiger partial charge in [0.15, 0.2) is 0 Å². The van der Waals surface area contributed by atoms with Gasteiger partial charge in [-0.15, -0.1) is 0 Å². The Bertz CT molecular complexity index is 196. The Morgan fingerprint density at radius 1 is 1.25 bits per heavy atom. The predicted molar refractivity (Wildman–Crippen MR) is 66.4 cm³/mol.